The van der Waals surface area contributed by atoms with Crippen molar-refractivity contribution in [1.29, 1.82) is 0 Å². The summed E-state index contributed by atoms with van der Waals surface area (Å²) in [6.45, 7) is 0.131. The fourth-order valence-electron chi connectivity index (χ4n) is 1.58. The Balaban J connectivity index is 2.77. The van der Waals surface area contributed by atoms with Gasteiger partial charge in [0.25, 0.3) is 0 Å². The van der Waals surface area contributed by atoms with E-state index in [1.165, 1.54) is 0 Å². The van der Waals surface area contributed by atoms with Crippen molar-refractivity contribution in [2.75, 3.05) is 6.61 Å². The monoisotopic (exact) mass is 329 g/mol. The van der Waals surface area contributed by atoms with Crippen LogP contribution in [0.25, 0.3) is 10.9 Å². The minimum atomic E-state index is 0.131. The van der Waals surface area contributed by atoms with Gasteiger partial charge in [-0.2, -0.15) is 0 Å². The van der Waals surface area contributed by atoms with Gasteiger partial charge in [0.1, 0.15) is 0 Å². The standard InChI is InChI=1S/C11H9Br2NO/c12-9-6-10(13)8(3-5-15)11-7(9)2-1-4-14-11/h1-2,4,6,15H,3,5H2. The first-order valence-electron chi connectivity index (χ1n) is 4.56. The summed E-state index contributed by atoms with van der Waals surface area (Å²) in [4.78, 5) is 4.35. The molecule has 0 radical (unpaired) electrons. The Hall–Kier alpha value is -0.450. The molecule has 0 atom stereocenters. The average molecular weight is 331 g/mol. The zero-order chi connectivity index (χ0) is 10.8. The van der Waals surface area contributed by atoms with E-state index in [-0.39, 0.29) is 6.61 Å². The minimum Gasteiger partial charge on any atom is -0.396 e. The van der Waals surface area contributed by atoms with Gasteiger partial charge in [-0.1, -0.05) is 37.9 Å². The molecule has 1 N–H and O–H groups in total. The van der Waals surface area contributed by atoms with Crippen LogP contribution in [0.4, 0.5) is 0 Å². The summed E-state index contributed by atoms with van der Waals surface area (Å²) in [5, 5.41) is 10.1. The van der Waals surface area contributed by atoms with Gasteiger partial charge in [-0.3, -0.25) is 4.98 Å². The van der Waals surface area contributed by atoms with E-state index in [4.69, 9.17) is 5.11 Å². The van der Waals surface area contributed by atoms with Crippen molar-refractivity contribution in [3.05, 3.63) is 38.9 Å². The predicted molar refractivity (Wildman–Crippen MR) is 67.9 cm³/mol. The van der Waals surface area contributed by atoms with Gasteiger partial charge in [-0.25, -0.2) is 0 Å². The number of aliphatic hydroxyl groups is 1. The number of pyridine rings is 1. The van der Waals surface area contributed by atoms with Crippen LogP contribution in [0.3, 0.4) is 0 Å². The third kappa shape index (κ3) is 2.07. The summed E-state index contributed by atoms with van der Waals surface area (Å²) in [6, 6.07) is 5.92. The van der Waals surface area contributed by atoms with E-state index in [0.29, 0.717) is 6.42 Å². The van der Waals surface area contributed by atoms with Gasteiger partial charge in [0.15, 0.2) is 0 Å². The molecule has 0 unspecified atom stereocenters. The summed E-state index contributed by atoms with van der Waals surface area (Å²) in [5.41, 5.74) is 1.99. The normalized spacial score (nSPS) is 10.9. The molecule has 15 heavy (non-hydrogen) atoms. The maximum atomic E-state index is 9.01. The third-order valence-corrected chi connectivity index (χ3v) is 3.62. The van der Waals surface area contributed by atoms with Crippen molar-refractivity contribution < 1.29 is 5.11 Å². The lowest BCUT2D eigenvalue weighted by Gasteiger charge is -2.08. The molecule has 0 spiro atoms. The Labute approximate surface area is 105 Å². The Morgan fingerprint density at radius 3 is 2.80 bits per heavy atom. The highest BCUT2D eigenvalue weighted by Crippen LogP contribution is 2.31. The number of fused-ring (bicyclic) bond motifs is 1. The second-order valence-corrected chi connectivity index (χ2v) is 4.90. The fraction of sp³-hybridized carbons (Fsp3) is 0.182. The molecule has 0 amide bonds. The van der Waals surface area contributed by atoms with Gasteiger partial charge >= 0.3 is 0 Å². The maximum absolute atomic E-state index is 9.01. The number of aromatic nitrogens is 1. The van der Waals surface area contributed by atoms with E-state index < -0.39 is 0 Å². The van der Waals surface area contributed by atoms with Crippen LogP contribution in [0.2, 0.25) is 0 Å². The van der Waals surface area contributed by atoms with E-state index in [1.54, 1.807) is 6.20 Å². The summed E-state index contributed by atoms with van der Waals surface area (Å²) >= 11 is 6.99. The third-order valence-electron chi connectivity index (χ3n) is 2.25. The van der Waals surface area contributed by atoms with Crippen LogP contribution in [-0.2, 0) is 6.42 Å². The second kappa shape index (κ2) is 4.60. The van der Waals surface area contributed by atoms with Crippen LogP contribution in [0.5, 0.6) is 0 Å². The summed E-state index contributed by atoms with van der Waals surface area (Å²) in [6.07, 6.45) is 2.38. The van der Waals surface area contributed by atoms with E-state index in [2.05, 4.69) is 36.8 Å². The fourth-order valence-corrected chi connectivity index (χ4v) is 3.05. The molecular formula is C11H9Br2NO. The zero-order valence-electron chi connectivity index (χ0n) is 7.87. The van der Waals surface area contributed by atoms with Crippen LogP contribution in [0.15, 0.2) is 33.3 Å². The summed E-state index contributed by atoms with van der Waals surface area (Å²) < 4.78 is 1.99. The van der Waals surface area contributed by atoms with Gasteiger partial charge in [0, 0.05) is 27.1 Å². The summed E-state index contributed by atoms with van der Waals surface area (Å²) in [7, 11) is 0. The van der Waals surface area contributed by atoms with Crippen LogP contribution in [0.1, 0.15) is 5.56 Å². The van der Waals surface area contributed by atoms with Gasteiger partial charge in [0.2, 0.25) is 0 Å². The molecule has 78 valence electrons. The first-order chi connectivity index (χ1) is 7.24. The maximum Gasteiger partial charge on any atom is 0.0757 e. The predicted octanol–water partition coefficient (Wildman–Crippen LogP) is 3.29. The first kappa shape index (κ1) is 11.0. The molecule has 2 nitrogen and oxygen atoms in total. The Bertz CT molecular complexity index is 499. The lowest BCUT2D eigenvalue weighted by Crippen LogP contribution is -1.95. The van der Waals surface area contributed by atoms with Gasteiger partial charge in [0.05, 0.1) is 5.52 Å². The zero-order valence-corrected chi connectivity index (χ0v) is 11.0. The molecule has 0 bridgehead atoms. The van der Waals surface area contributed by atoms with Crippen molar-refractivity contribution in [2.45, 2.75) is 6.42 Å². The molecule has 1 heterocycles. The molecule has 0 aliphatic heterocycles. The van der Waals surface area contributed by atoms with E-state index in [9.17, 15) is 0 Å². The largest absolute Gasteiger partial charge is 0.396 e. The SMILES string of the molecule is OCCc1c(Br)cc(Br)c2cccnc12. The topological polar surface area (TPSA) is 33.1 Å². The lowest BCUT2D eigenvalue weighted by atomic mass is 10.1. The number of hydrogen-bond donors (Lipinski definition) is 1. The second-order valence-electron chi connectivity index (χ2n) is 3.19. The van der Waals surface area contributed by atoms with Crippen molar-refractivity contribution >= 4 is 42.8 Å². The Kier molecular flexibility index (Phi) is 3.38. The van der Waals surface area contributed by atoms with E-state index in [0.717, 1.165) is 25.4 Å². The Morgan fingerprint density at radius 1 is 1.27 bits per heavy atom. The van der Waals surface area contributed by atoms with Gasteiger partial charge in [-0.05, 0) is 24.1 Å². The van der Waals surface area contributed by atoms with E-state index in [1.807, 2.05) is 18.2 Å². The molecular weight excluding hydrogens is 322 g/mol. The van der Waals surface area contributed by atoms with Gasteiger partial charge < -0.3 is 5.11 Å². The van der Waals surface area contributed by atoms with Crippen LogP contribution in [0, 0.1) is 0 Å². The molecule has 0 fully saturated rings. The highest BCUT2D eigenvalue weighted by molar-refractivity contribution is 9.11. The molecule has 1 aromatic carbocycles. The molecule has 4 heteroatoms. The van der Waals surface area contributed by atoms with E-state index >= 15 is 0 Å². The average Bonchev–Trinajstić information content (AvgIpc) is 2.24. The lowest BCUT2D eigenvalue weighted by molar-refractivity contribution is 0.300. The highest BCUT2D eigenvalue weighted by Gasteiger charge is 2.09. The molecule has 1 aromatic heterocycles. The number of hydrogen-bond acceptors (Lipinski definition) is 2. The van der Waals surface area contributed by atoms with Crippen molar-refractivity contribution in [2.24, 2.45) is 0 Å². The van der Waals surface area contributed by atoms with Crippen LogP contribution in [-0.4, -0.2) is 16.7 Å². The smallest absolute Gasteiger partial charge is 0.0757 e. The number of halogens is 2. The molecule has 0 saturated carbocycles. The quantitative estimate of drug-likeness (QED) is 0.916. The van der Waals surface area contributed by atoms with Crippen molar-refractivity contribution in [3.8, 4) is 0 Å². The minimum absolute atomic E-state index is 0.131. The molecule has 2 rings (SSSR count). The van der Waals surface area contributed by atoms with Gasteiger partial charge in [-0.15, -0.1) is 0 Å². The molecule has 0 saturated heterocycles. The molecule has 0 aliphatic rings. The summed E-state index contributed by atoms with van der Waals surface area (Å²) in [5.74, 6) is 0. The number of nitrogens with zero attached hydrogens (tertiary/aromatic N) is 1. The first-order valence-corrected chi connectivity index (χ1v) is 6.15. The number of benzene rings is 1. The molecule has 2 aromatic rings. The van der Waals surface area contributed by atoms with Crippen LogP contribution >= 0.6 is 31.9 Å². The molecule has 0 aliphatic carbocycles. The Morgan fingerprint density at radius 2 is 2.07 bits per heavy atom. The van der Waals surface area contributed by atoms with Crippen LogP contribution < -0.4 is 0 Å². The number of rotatable bonds is 2. The van der Waals surface area contributed by atoms with Crippen molar-refractivity contribution in [1.82, 2.24) is 4.98 Å². The van der Waals surface area contributed by atoms with Crippen molar-refractivity contribution in [3.63, 3.8) is 0 Å². The number of aliphatic hydroxyl groups excluding tert-OH is 1. The highest BCUT2D eigenvalue weighted by atomic mass is 79.9.